The molecule has 3 rings (SSSR count). The van der Waals surface area contributed by atoms with Gasteiger partial charge in [0, 0.05) is 33.0 Å². The van der Waals surface area contributed by atoms with Crippen LogP contribution >= 0.6 is 11.3 Å². The van der Waals surface area contributed by atoms with E-state index >= 15 is 0 Å². The molecule has 1 aliphatic heterocycles. The summed E-state index contributed by atoms with van der Waals surface area (Å²) in [5, 5.41) is 4.03. The maximum atomic E-state index is 12.5. The number of nitrogens with zero attached hydrogens (tertiary/aromatic N) is 4. The van der Waals surface area contributed by atoms with Crippen LogP contribution in [0.1, 0.15) is 18.4 Å². The lowest BCUT2D eigenvalue weighted by atomic mass is 10.1. The summed E-state index contributed by atoms with van der Waals surface area (Å²) in [7, 11) is 3.82. The van der Waals surface area contributed by atoms with Gasteiger partial charge in [-0.25, -0.2) is 9.97 Å². The van der Waals surface area contributed by atoms with Crippen LogP contribution in [-0.2, 0) is 11.2 Å². The first kappa shape index (κ1) is 16.7. The molecule has 1 amide bonds. The van der Waals surface area contributed by atoms with Gasteiger partial charge in [-0.3, -0.25) is 4.79 Å². The van der Waals surface area contributed by atoms with Crippen molar-refractivity contribution >= 4 is 23.1 Å². The highest BCUT2D eigenvalue weighted by atomic mass is 32.1. The molecule has 3 heterocycles. The summed E-state index contributed by atoms with van der Waals surface area (Å²) in [5.41, 5.74) is 1.08. The van der Waals surface area contributed by atoms with Crippen LogP contribution in [-0.4, -0.2) is 54.1 Å². The highest BCUT2D eigenvalue weighted by Gasteiger charge is 2.26. The number of ether oxygens (including phenoxy) is 1. The molecule has 1 saturated heterocycles. The van der Waals surface area contributed by atoms with Gasteiger partial charge in [-0.2, -0.15) is 11.3 Å². The van der Waals surface area contributed by atoms with Crippen LogP contribution in [0.4, 0.5) is 5.82 Å². The quantitative estimate of drug-likeness (QED) is 0.831. The Morgan fingerprint density at radius 2 is 2.25 bits per heavy atom. The van der Waals surface area contributed by atoms with Gasteiger partial charge in [-0.05, 0) is 35.2 Å². The van der Waals surface area contributed by atoms with Gasteiger partial charge in [0.15, 0.2) is 5.82 Å². The molecule has 2 aromatic rings. The van der Waals surface area contributed by atoms with Gasteiger partial charge in [0.25, 0.3) is 5.88 Å². The van der Waals surface area contributed by atoms with Gasteiger partial charge < -0.3 is 14.5 Å². The Morgan fingerprint density at radius 3 is 3.00 bits per heavy atom. The average Bonchev–Trinajstić information content (AvgIpc) is 3.08. The van der Waals surface area contributed by atoms with Gasteiger partial charge in [-0.1, -0.05) is 0 Å². The van der Waals surface area contributed by atoms with Crippen LogP contribution in [0.3, 0.4) is 0 Å². The van der Waals surface area contributed by atoms with E-state index in [4.69, 9.17) is 4.74 Å². The molecular formula is C17H22N4O2S. The fourth-order valence-corrected chi connectivity index (χ4v) is 3.47. The van der Waals surface area contributed by atoms with Gasteiger partial charge in [0.05, 0.1) is 13.0 Å². The van der Waals surface area contributed by atoms with Crippen molar-refractivity contribution in [2.24, 2.45) is 0 Å². The molecule has 1 atom stereocenters. The lowest BCUT2D eigenvalue weighted by molar-refractivity contribution is -0.133. The summed E-state index contributed by atoms with van der Waals surface area (Å²) in [5.74, 6) is 1.40. The predicted molar refractivity (Wildman–Crippen MR) is 94.6 cm³/mol. The van der Waals surface area contributed by atoms with Crippen molar-refractivity contribution in [3.8, 4) is 5.88 Å². The fraction of sp³-hybridized carbons (Fsp3) is 0.471. The van der Waals surface area contributed by atoms with Crippen LogP contribution in [0, 0.1) is 0 Å². The third-order valence-corrected chi connectivity index (χ3v) is 4.75. The fourth-order valence-electron chi connectivity index (χ4n) is 2.81. The molecule has 1 aliphatic rings. The lowest BCUT2D eigenvalue weighted by Gasteiger charge is -2.33. The highest BCUT2D eigenvalue weighted by molar-refractivity contribution is 7.08. The van der Waals surface area contributed by atoms with E-state index in [1.165, 1.54) is 0 Å². The van der Waals surface area contributed by atoms with E-state index in [2.05, 4.69) is 9.97 Å². The summed E-state index contributed by atoms with van der Waals surface area (Å²) >= 11 is 1.62. The van der Waals surface area contributed by atoms with E-state index < -0.39 is 0 Å². The summed E-state index contributed by atoms with van der Waals surface area (Å²) in [4.78, 5) is 24.9. The van der Waals surface area contributed by atoms with Crippen LogP contribution in [0.2, 0.25) is 0 Å². The molecule has 0 aliphatic carbocycles. The molecule has 0 N–H and O–H groups in total. The number of rotatable bonds is 5. The number of hydrogen-bond acceptors (Lipinski definition) is 6. The number of carbonyl (C=O) groups is 1. The van der Waals surface area contributed by atoms with E-state index in [-0.39, 0.29) is 12.0 Å². The average molecular weight is 346 g/mol. The molecular weight excluding hydrogens is 324 g/mol. The lowest BCUT2D eigenvalue weighted by Crippen LogP contribution is -2.45. The van der Waals surface area contributed by atoms with Gasteiger partial charge in [0.1, 0.15) is 6.10 Å². The van der Waals surface area contributed by atoms with Gasteiger partial charge in [-0.15, -0.1) is 0 Å². The standard InChI is InChI=1S/C17H22N4O2S/c1-20(2)16-17(19-7-6-18-16)23-14-4-3-8-21(11-14)15(22)10-13-5-9-24-12-13/h5-7,9,12,14H,3-4,8,10-11H2,1-2H3/t14-/m1/s1. The Hall–Kier alpha value is -2.15. The van der Waals surface area contributed by atoms with Crippen LogP contribution in [0.15, 0.2) is 29.2 Å². The number of likely N-dealkylation sites (tertiary alicyclic amines) is 1. The van der Waals surface area contributed by atoms with Crippen molar-refractivity contribution in [3.05, 3.63) is 34.8 Å². The third-order valence-electron chi connectivity index (χ3n) is 4.01. The predicted octanol–water partition coefficient (Wildman–Crippen LogP) is 2.22. The molecule has 2 aromatic heterocycles. The van der Waals surface area contributed by atoms with E-state index in [9.17, 15) is 4.79 Å². The second-order valence-electron chi connectivity index (χ2n) is 6.11. The van der Waals surface area contributed by atoms with E-state index in [1.807, 2.05) is 40.7 Å². The first-order chi connectivity index (χ1) is 11.6. The number of carbonyl (C=O) groups excluding carboxylic acids is 1. The van der Waals surface area contributed by atoms with Crippen molar-refractivity contribution in [3.63, 3.8) is 0 Å². The number of thiophene rings is 1. The topological polar surface area (TPSA) is 58.6 Å². The van der Waals surface area contributed by atoms with Crippen LogP contribution < -0.4 is 9.64 Å². The number of aromatic nitrogens is 2. The maximum Gasteiger partial charge on any atom is 0.257 e. The molecule has 1 fully saturated rings. The Labute approximate surface area is 146 Å². The SMILES string of the molecule is CN(C)c1nccnc1O[C@@H]1CCCN(C(=O)Cc2ccsc2)C1. The Bertz CT molecular complexity index is 675. The molecule has 7 heteroatoms. The molecule has 0 radical (unpaired) electrons. The second kappa shape index (κ2) is 7.61. The van der Waals surface area contributed by atoms with E-state index in [0.29, 0.717) is 24.7 Å². The molecule has 0 bridgehead atoms. The normalized spacial score (nSPS) is 17.6. The van der Waals surface area contributed by atoms with Gasteiger partial charge in [0.2, 0.25) is 5.91 Å². The molecule has 0 aromatic carbocycles. The summed E-state index contributed by atoms with van der Waals surface area (Å²) in [6.45, 7) is 1.40. The number of anilines is 1. The van der Waals surface area contributed by atoms with Gasteiger partial charge >= 0.3 is 0 Å². The van der Waals surface area contributed by atoms with Crippen molar-refractivity contribution in [1.29, 1.82) is 0 Å². The minimum absolute atomic E-state index is 0.0411. The maximum absolute atomic E-state index is 12.5. The zero-order valence-electron chi connectivity index (χ0n) is 14.0. The minimum Gasteiger partial charge on any atom is -0.470 e. The Balaban J connectivity index is 1.62. The summed E-state index contributed by atoms with van der Waals surface area (Å²) in [6.07, 6.45) is 5.57. The largest absolute Gasteiger partial charge is 0.470 e. The van der Waals surface area contributed by atoms with E-state index in [0.717, 1.165) is 24.9 Å². The second-order valence-corrected chi connectivity index (χ2v) is 6.89. The Morgan fingerprint density at radius 1 is 1.42 bits per heavy atom. The summed E-state index contributed by atoms with van der Waals surface area (Å²) < 4.78 is 6.06. The van der Waals surface area contributed by atoms with E-state index in [1.54, 1.807) is 23.7 Å². The zero-order chi connectivity index (χ0) is 16.9. The van der Waals surface area contributed by atoms with Crippen molar-refractivity contribution < 1.29 is 9.53 Å². The third kappa shape index (κ3) is 4.03. The first-order valence-electron chi connectivity index (χ1n) is 8.07. The smallest absolute Gasteiger partial charge is 0.257 e. The van der Waals surface area contributed by atoms with Crippen molar-refractivity contribution in [2.75, 3.05) is 32.1 Å². The minimum atomic E-state index is -0.0411. The summed E-state index contributed by atoms with van der Waals surface area (Å²) in [6, 6.07) is 2.00. The molecule has 0 unspecified atom stereocenters. The molecule has 128 valence electrons. The zero-order valence-corrected chi connectivity index (χ0v) is 14.8. The first-order valence-corrected chi connectivity index (χ1v) is 9.01. The number of hydrogen-bond donors (Lipinski definition) is 0. The highest BCUT2D eigenvalue weighted by Crippen LogP contribution is 2.24. The molecule has 6 nitrogen and oxygen atoms in total. The Kier molecular flexibility index (Phi) is 5.30. The molecule has 0 saturated carbocycles. The monoisotopic (exact) mass is 346 g/mol. The number of piperidine rings is 1. The van der Waals surface area contributed by atoms with Crippen LogP contribution in [0.25, 0.3) is 0 Å². The van der Waals surface area contributed by atoms with Crippen molar-refractivity contribution in [1.82, 2.24) is 14.9 Å². The molecule has 0 spiro atoms. The van der Waals surface area contributed by atoms with Crippen molar-refractivity contribution in [2.45, 2.75) is 25.4 Å². The molecule has 24 heavy (non-hydrogen) atoms. The number of amides is 1. The van der Waals surface area contributed by atoms with Crippen LogP contribution in [0.5, 0.6) is 5.88 Å².